The predicted octanol–water partition coefficient (Wildman–Crippen LogP) is 6.09. The molecule has 1 heteroatoms. The molecule has 0 spiro atoms. The van der Waals surface area contributed by atoms with Crippen LogP contribution in [0.25, 0.3) is 16.7 Å². The quantitative estimate of drug-likeness (QED) is 0.627. The van der Waals surface area contributed by atoms with Gasteiger partial charge in [-0.1, -0.05) is 71.8 Å². The maximum absolute atomic E-state index is 14.5. The first-order valence-corrected chi connectivity index (χ1v) is 7.54. The molecule has 0 atom stereocenters. The minimum Gasteiger partial charge on any atom is -0.206 e. The van der Waals surface area contributed by atoms with E-state index < -0.39 is 0 Å². The molecule has 0 N–H and O–H groups in total. The zero-order valence-electron chi connectivity index (χ0n) is 12.9. The van der Waals surface area contributed by atoms with Crippen LogP contribution in [0.1, 0.15) is 24.5 Å². The summed E-state index contributed by atoms with van der Waals surface area (Å²) in [6.07, 6.45) is 9.20. The van der Waals surface area contributed by atoms with Crippen molar-refractivity contribution < 1.29 is 4.39 Å². The smallest absolute Gasteiger partial charge is 0.131 e. The highest BCUT2D eigenvalue weighted by Gasteiger charge is 2.08. The van der Waals surface area contributed by atoms with Crippen molar-refractivity contribution in [2.24, 2.45) is 0 Å². The van der Waals surface area contributed by atoms with Crippen molar-refractivity contribution in [1.82, 2.24) is 0 Å². The van der Waals surface area contributed by atoms with Gasteiger partial charge in [0, 0.05) is 5.56 Å². The van der Waals surface area contributed by atoms with Crippen LogP contribution >= 0.6 is 0 Å². The minimum atomic E-state index is -0.170. The van der Waals surface area contributed by atoms with Gasteiger partial charge in [0.25, 0.3) is 0 Å². The summed E-state index contributed by atoms with van der Waals surface area (Å²) in [7, 11) is 0. The van der Waals surface area contributed by atoms with Gasteiger partial charge in [-0.3, -0.25) is 0 Å². The Morgan fingerprint density at radius 2 is 1.59 bits per heavy atom. The molecule has 0 aliphatic heterocycles. The van der Waals surface area contributed by atoms with E-state index in [-0.39, 0.29) is 5.82 Å². The highest BCUT2D eigenvalue weighted by atomic mass is 19.1. The number of rotatable bonds is 2. The van der Waals surface area contributed by atoms with Crippen LogP contribution in [0.15, 0.2) is 72.3 Å². The Kier molecular flexibility index (Phi) is 4.06. The molecule has 0 amide bonds. The lowest BCUT2D eigenvalue weighted by Crippen LogP contribution is -1.89. The van der Waals surface area contributed by atoms with Gasteiger partial charge in [0.1, 0.15) is 5.82 Å². The molecule has 2 aromatic carbocycles. The van der Waals surface area contributed by atoms with E-state index in [9.17, 15) is 4.39 Å². The van der Waals surface area contributed by atoms with Gasteiger partial charge in [-0.2, -0.15) is 0 Å². The van der Waals surface area contributed by atoms with E-state index in [1.165, 1.54) is 11.1 Å². The summed E-state index contributed by atoms with van der Waals surface area (Å²) in [6.45, 7) is 4.10. The van der Waals surface area contributed by atoms with Crippen molar-refractivity contribution >= 4 is 5.57 Å². The SMILES string of the molecule is CC1=CC=C(c2ccc(-c3ccc(C)cc3)c(F)c2)CC=C1. The van der Waals surface area contributed by atoms with E-state index in [1.807, 2.05) is 43.3 Å². The Hall–Kier alpha value is -2.41. The van der Waals surface area contributed by atoms with Crippen molar-refractivity contribution in [3.8, 4) is 11.1 Å². The zero-order chi connectivity index (χ0) is 15.5. The number of benzene rings is 2. The van der Waals surface area contributed by atoms with E-state index in [0.717, 1.165) is 23.1 Å². The van der Waals surface area contributed by atoms with Crippen LogP contribution in [0.5, 0.6) is 0 Å². The van der Waals surface area contributed by atoms with Gasteiger partial charge >= 0.3 is 0 Å². The number of halogens is 1. The highest BCUT2D eigenvalue weighted by Crippen LogP contribution is 2.28. The predicted molar refractivity (Wildman–Crippen MR) is 92.1 cm³/mol. The summed E-state index contributed by atoms with van der Waals surface area (Å²) < 4.78 is 14.5. The van der Waals surface area contributed by atoms with Gasteiger partial charge in [0.2, 0.25) is 0 Å². The third-order valence-electron chi connectivity index (χ3n) is 3.97. The van der Waals surface area contributed by atoms with Crippen LogP contribution in [-0.2, 0) is 0 Å². The molecule has 1 aliphatic carbocycles. The third-order valence-corrected chi connectivity index (χ3v) is 3.97. The summed E-state index contributed by atoms with van der Waals surface area (Å²) in [5, 5.41) is 0. The maximum atomic E-state index is 14.5. The Bertz CT molecular complexity index is 774. The first-order chi connectivity index (χ1) is 10.6. The minimum absolute atomic E-state index is 0.170. The van der Waals surface area contributed by atoms with Gasteiger partial charge in [0.05, 0.1) is 0 Å². The molecule has 0 heterocycles. The van der Waals surface area contributed by atoms with Crippen molar-refractivity contribution in [1.29, 1.82) is 0 Å². The lowest BCUT2D eigenvalue weighted by Gasteiger charge is -2.09. The van der Waals surface area contributed by atoms with Crippen LogP contribution in [0.2, 0.25) is 0 Å². The molecule has 0 radical (unpaired) electrons. The standard InChI is InChI=1S/C21H19F/c1-15-4-3-5-17(9-6-15)19-12-13-20(21(22)14-19)18-10-7-16(2)8-11-18/h3-4,6-14H,5H2,1-2H3. The average molecular weight is 290 g/mol. The fourth-order valence-corrected chi connectivity index (χ4v) is 2.62. The molecule has 0 aromatic heterocycles. The second kappa shape index (κ2) is 6.15. The van der Waals surface area contributed by atoms with E-state index in [0.29, 0.717) is 5.56 Å². The zero-order valence-corrected chi connectivity index (χ0v) is 12.9. The molecule has 3 rings (SSSR count). The Morgan fingerprint density at radius 3 is 2.32 bits per heavy atom. The number of hydrogen-bond donors (Lipinski definition) is 0. The first-order valence-electron chi connectivity index (χ1n) is 7.54. The monoisotopic (exact) mass is 290 g/mol. The summed E-state index contributed by atoms with van der Waals surface area (Å²) in [5.41, 5.74) is 6.05. The van der Waals surface area contributed by atoms with Gasteiger partial charge in [0.15, 0.2) is 0 Å². The molecule has 110 valence electrons. The molecule has 0 saturated carbocycles. The second-order valence-electron chi connectivity index (χ2n) is 5.77. The second-order valence-corrected chi connectivity index (χ2v) is 5.77. The van der Waals surface area contributed by atoms with Crippen molar-refractivity contribution in [3.63, 3.8) is 0 Å². The summed E-state index contributed by atoms with van der Waals surface area (Å²) >= 11 is 0. The largest absolute Gasteiger partial charge is 0.206 e. The lowest BCUT2D eigenvalue weighted by molar-refractivity contribution is 0.631. The van der Waals surface area contributed by atoms with E-state index in [2.05, 4.69) is 31.2 Å². The number of hydrogen-bond acceptors (Lipinski definition) is 0. The van der Waals surface area contributed by atoms with Crippen LogP contribution in [-0.4, -0.2) is 0 Å². The van der Waals surface area contributed by atoms with Crippen LogP contribution in [0, 0.1) is 12.7 Å². The lowest BCUT2D eigenvalue weighted by atomic mass is 9.97. The molecule has 2 aromatic rings. The van der Waals surface area contributed by atoms with E-state index in [4.69, 9.17) is 0 Å². The number of allylic oxidation sites excluding steroid dienone is 6. The van der Waals surface area contributed by atoms with Gasteiger partial charge in [-0.25, -0.2) is 4.39 Å². The van der Waals surface area contributed by atoms with Crippen LogP contribution < -0.4 is 0 Å². The van der Waals surface area contributed by atoms with Gasteiger partial charge < -0.3 is 0 Å². The summed E-state index contributed by atoms with van der Waals surface area (Å²) in [6, 6.07) is 13.5. The fraction of sp³-hybridized carbons (Fsp3) is 0.143. The van der Waals surface area contributed by atoms with Crippen LogP contribution in [0.3, 0.4) is 0 Å². The molecule has 0 saturated heterocycles. The molecule has 0 fully saturated rings. The van der Waals surface area contributed by atoms with Crippen molar-refractivity contribution in [2.75, 3.05) is 0 Å². The maximum Gasteiger partial charge on any atom is 0.131 e. The first kappa shape index (κ1) is 14.5. The number of aryl methyl sites for hydroxylation is 1. The highest BCUT2D eigenvalue weighted by molar-refractivity contribution is 5.73. The third kappa shape index (κ3) is 3.09. The molecular weight excluding hydrogens is 271 g/mol. The molecule has 1 aliphatic rings. The summed E-state index contributed by atoms with van der Waals surface area (Å²) in [4.78, 5) is 0. The summed E-state index contributed by atoms with van der Waals surface area (Å²) in [5.74, 6) is -0.170. The van der Waals surface area contributed by atoms with Crippen molar-refractivity contribution in [2.45, 2.75) is 20.3 Å². The Balaban J connectivity index is 1.96. The fourth-order valence-electron chi connectivity index (χ4n) is 2.62. The van der Waals surface area contributed by atoms with Crippen LogP contribution in [0.4, 0.5) is 4.39 Å². The molecular formula is C21H19F. The van der Waals surface area contributed by atoms with Gasteiger partial charge in [-0.05, 0) is 43.0 Å². The van der Waals surface area contributed by atoms with E-state index in [1.54, 1.807) is 6.07 Å². The molecule has 0 bridgehead atoms. The van der Waals surface area contributed by atoms with Gasteiger partial charge in [-0.15, -0.1) is 0 Å². The Labute approximate surface area is 131 Å². The normalized spacial score (nSPS) is 14.3. The molecule has 0 unspecified atom stereocenters. The Morgan fingerprint density at radius 1 is 0.864 bits per heavy atom. The molecule has 0 nitrogen and oxygen atoms in total. The topological polar surface area (TPSA) is 0 Å². The average Bonchev–Trinajstić information content (AvgIpc) is 2.73. The van der Waals surface area contributed by atoms with E-state index >= 15 is 0 Å². The van der Waals surface area contributed by atoms with Crippen molar-refractivity contribution in [3.05, 3.63) is 89.3 Å². The molecule has 22 heavy (non-hydrogen) atoms.